The summed E-state index contributed by atoms with van der Waals surface area (Å²) in [6.45, 7) is 4.16. The molecule has 0 saturated carbocycles. The van der Waals surface area contributed by atoms with Gasteiger partial charge in [0.1, 0.15) is 10.7 Å². The zero-order valence-corrected chi connectivity index (χ0v) is 11.6. The Morgan fingerprint density at radius 1 is 1.50 bits per heavy atom. The molecule has 0 fully saturated rings. The summed E-state index contributed by atoms with van der Waals surface area (Å²) in [6, 6.07) is 4.00. The van der Waals surface area contributed by atoms with Crippen LogP contribution in [0.25, 0.3) is 0 Å². The molecular weight excluding hydrogens is 280 g/mol. The lowest BCUT2D eigenvalue weighted by molar-refractivity contribution is 0.0729. The first kappa shape index (κ1) is 15.1. The summed E-state index contributed by atoms with van der Waals surface area (Å²) >= 11 is 10.1. The second-order valence-corrected chi connectivity index (χ2v) is 5.16. The molecule has 0 aromatic heterocycles. The van der Waals surface area contributed by atoms with Gasteiger partial charge < -0.3 is 10.5 Å². The Kier molecular flexibility index (Phi) is 4.87. The van der Waals surface area contributed by atoms with Crippen molar-refractivity contribution in [3.05, 3.63) is 28.8 Å². The summed E-state index contributed by atoms with van der Waals surface area (Å²) in [4.78, 5) is -0.904. The molecule has 100 valence electrons. The van der Waals surface area contributed by atoms with Gasteiger partial charge in [-0.1, -0.05) is 37.7 Å². The summed E-state index contributed by atoms with van der Waals surface area (Å²) in [5, 5.41) is 0.179. The molecule has 1 aromatic carbocycles. The average molecular weight is 294 g/mol. The molecule has 0 bridgehead atoms. The highest BCUT2D eigenvalue weighted by atomic mass is 35.5. The van der Waals surface area contributed by atoms with Crippen LogP contribution in [0.3, 0.4) is 0 Å². The van der Waals surface area contributed by atoms with Gasteiger partial charge in [0.2, 0.25) is 0 Å². The number of alkyl halides is 2. The van der Waals surface area contributed by atoms with Crippen LogP contribution in [0.4, 0.5) is 8.78 Å². The first-order chi connectivity index (χ1) is 8.25. The molecule has 0 amide bonds. The molecule has 0 heterocycles. The highest BCUT2D eigenvalue weighted by molar-refractivity contribution is 7.80. The van der Waals surface area contributed by atoms with Gasteiger partial charge in [-0.2, -0.15) is 8.78 Å². The summed E-state index contributed by atoms with van der Waals surface area (Å²) in [5.41, 5.74) is 4.66. The summed E-state index contributed by atoms with van der Waals surface area (Å²) < 4.78 is 33.0. The van der Waals surface area contributed by atoms with Crippen molar-refractivity contribution in [1.29, 1.82) is 0 Å². The van der Waals surface area contributed by atoms with E-state index in [1.54, 1.807) is 0 Å². The number of nitrogens with two attached hydrogens (primary N) is 1. The van der Waals surface area contributed by atoms with Gasteiger partial charge in [-0.25, -0.2) is 0 Å². The highest BCUT2D eigenvalue weighted by Crippen LogP contribution is 2.37. The van der Waals surface area contributed by atoms with Crippen LogP contribution in [-0.2, 0) is 5.92 Å². The van der Waals surface area contributed by atoms with Crippen LogP contribution in [0.15, 0.2) is 18.2 Å². The first-order valence-corrected chi connectivity index (χ1v) is 6.14. The van der Waals surface area contributed by atoms with Gasteiger partial charge in [0.15, 0.2) is 0 Å². The summed E-state index contributed by atoms with van der Waals surface area (Å²) in [6.07, 6.45) is 0. The zero-order chi connectivity index (χ0) is 13.9. The second kappa shape index (κ2) is 5.80. The van der Waals surface area contributed by atoms with Crippen LogP contribution in [0.2, 0.25) is 5.02 Å². The van der Waals surface area contributed by atoms with Gasteiger partial charge in [-0.05, 0) is 24.1 Å². The number of thiocarbonyl (C=S) groups is 1. The van der Waals surface area contributed by atoms with E-state index < -0.39 is 16.5 Å². The van der Waals surface area contributed by atoms with E-state index in [2.05, 4.69) is 12.2 Å². The lowest BCUT2D eigenvalue weighted by Gasteiger charge is -2.20. The van der Waals surface area contributed by atoms with Crippen molar-refractivity contribution in [1.82, 2.24) is 0 Å². The van der Waals surface area contributed by atoms with E-state index in [-0.39, 0.29) is 16.7 Å². The lowest BCUT2D eigenvalue weighted by Crippen LogP contribution is -2.31. The molecule has 0 saturated heterocycles. The topological polar surface area (TPSA) is 35.2 Å². The number of hydrogen-bond donors (Lipinski definition) is 1. The molecule has 6 heteroatoms. The third kappa shape index (κ3) is 3.53. The number of benzene rings is 1. The maximum Gasteiger partial charge on any atom is 0.325 e. The van der Waals surface area contributed by atoms with Crippen molar-refractivity contribution >= 4 is 28.8 Å². The average Bonchev–Trinajstić information content (AvgIpc) is 2.26. The van der Waals surface area contributed by atoms with Crippen LogP contribution < -0.4 is 10.5 Å². The molecule has 0 aliphatic carbocycles. The second-order valence-electron chi connectivity index (χ2n) is 4.28. The number of hydrogen-bond acceptors (Lipinski definition) is 2. The lowest BCUT2D eigenvalue weighted by atomic mass is 10.1. The highest BCUT2D eigenvalue weighted by Gasteiger charge is 2.38. The molecular formula is C12H14ClF2NOS. The fraction of sp³-hybridized carbons (Fsp3) is 0.417. The Labute approximate surface area is 115 Å². The molecule has 1 aromatic rings. The number of rotatable bonds is 5. The van der Waals surface area contributed by atoms with Crippen LogP contribution in [-0.4, -0.2) is 11.6 Å². The molecule has 2 nitrogen and oxygen atoms in total. The minimum absolute atomic E-state index is 0.0471. The number of ether oxygens (including phenoxy) is 1. The molecule has 0 unspecified atom stereocenters. The fourth-order valence-corrected chi connectivity index (χ4v) is 1.54. The molecule has 0 spiro atoms. The van der Waals surface area contributed by atoms with E-state index in [1.807, 2.05) is 13.8 Å². The van der Waals surface area contributed by atoms with E-state index in [9.17, 15) is 8.78 Å². The maximum atomic E-state index is 13.8. The minimum Gasteiger partial charge on any atom is -0.493 e. The third-order valence-corrected chi connectivity index (χ3v) is 2.65. The maximum absolute atomic E-state index is 13.8. The molecule has 1 rings (SSSR count). The van der Waals surface area contributed by atoms with Crippen LogP contribution in [0.5, 0.6) is 5.75 Å². The molecule has 0 aliphatic rings. The van der Waals surface area contributed by atoms with Gasteiger partial charge in [0.05, 0.1) is 12.2 Å². The van der Waals surface area contributed by atoms with Crippen molar-refractivity contribution in [2.45, 2.75) is 19.8 Å². The Hall–Kier alpha value is -0.940. The van der Waals surface area contributed by atoms with Crippen LogP contribution in [0, 0.1) is 5.92 Å². The Morgan fingerprint density at radius 3 is 2.61 bits per heavy atom. The van der Waals surface area contributed by atoms with Crippen LogP contribution in [0.1, 0.15) is 19.4 Å². The monoisotopic (exact) mass is 293 g/mol. The van der Waals surface area contributed by atoms with Crippen molar-refractivity contribution in [3.63, 3.8) is 0 Å². The molecule has 0 aliphatic heterocycles. The van der Waals surface area contributed by atoms with E-state index in [1.165, 1.54) is 12.1 Å². The normalized spacial score (nSPS) is 11.7. The summed E-state index contributed by atoms with van der Waals surface area (Å²) in [7, 11) is 0. The van der Waals surface area contributed by atoms with Crippen molar-refractivity contribution in [2.24, 2.45) is 11.7 Å². The number of halogens is 3. The van der Waals surface area contributed by atoms with Gasteiger partial charge in [-0.15, -0.1) is 0 Å². The van der Waals surface area contributed by atoms with E-state index in [0.717, 1.165) is 6.07 Å². The van der Waals surface area contributed by atoms with Crippen molar-refractivity contribution in [3.8, 4) is 5.75 Å². The standard InChI is InChI=1S/C12H14ClF2NOS/c1-7(2)6-17-10-4-3-8(13)5-9(10)12(14,15)11(16)18/h3-5,7H,6H2,1-2H3,(H2,16,18). The van der Waals surface area contributed by atoms with E-state index >= 15 is 0 Å². The van der Waals surface area contributed by atoms with E-state index in [4.69, 9.17) is 22.1 Å². The molecule has 0 radical (unpaired) electrons. The molecule has 2 N–H and O–H groups in total. The minimum atomic E-state index is -3.44. The Morgan fingerprint density at radius 2 is 2.11 bits per heavy atom. The third-order valence-electron chi connectivity index (χ3n) is 2.16. The van der Waals surface area contributed by atoms with Gasteiger partial charge in [-0.3, -0.25) is 0 Å². The summed E-state index contributed by atoms with van der Waals surface area (Å²) in [5.74, 6) is -3.18. The first-order valence-electron chi connectivity index (χ1n) is 5.35. The molecule has 0 atom stereocenters. The fourth-order valence-electron chi connectivity index (χ4n) is 1.26. The Bertz CT molecular complexity index is 452. The van der Waals surface area contributed by atoms with Crippen LogP contribution >= 0.6 is 23.8 Å². The van der Waals surface area contributed by atoms with Gasteiger partial charge >= 0.3 is 5.92 Å². The predicted molar refractivity (Wildman–Crippen MR) is 72.5 cm³/mol. The van der Waals surface area contributed by atoms with Gasteiger partial charge in [0.25, 0.3) is 0 Å². The predicted octanol–water partition coefficient (Wildman–Crippen LogP) is 3.75. The SMILES string of the molecule is CC(C)COc1ccc(Cl)cc1C(F)(F)C(N)=S. The smallest absolute Gasteiger partial charge is 0.325 e. The van der Waals surface area contributed by atoms with Crippen molar-refractivity contribution in [2.75, 3.05) is 6.61 Å². The van der Waals surface area contributed by atoms with E-state index in [0.29, 0.717) is 6.61 Å². The van der Waals surface area contributed by atoms with Crippen molar-refractivity contribution < 1.29 is 13.5 Å². The largest absolute Gasteiger partial charge is 0.493 e. The van der Waals surface area contributed by atoms with Gasteiger partial charge in [0, 0.05) is 5.02 Å². The zero-order valence-electron chi connectivity index (χ0n) is 10.0. The Balaban J connectivity index is 3.15. The molecule has 18 heavy (non-hydrogen) atoms. The quantitative estimate of drug-likeness (QED) is 0.840.